The minimum atomic E-state index is -0.910. The molecular formula is C33H29NO6S. The number of ketones is 1. The second-order valence-corrected chi connectivity index (χ2v) is 11.5. The first-order valence-electron chi connectivity index (χ1n) is 13.4. The molecule has 0 spiro atoms. The van der Waals surface area contributed by atoms with E-state index in [0.29, 0.717) is 40.8 Å². The van der Waals surface area contributed by atoms with Crippen molar-refractivity contribution in [2.75, 3.05) is 7.11 Å². The SMILES string of the molecule is COc1ccc(COC(=O)C2=C(C)NC3=C(C(=O)CC(c4cccs4)C3)C2c2coc3ccc(C)cc3c2=O)cc1. The fourth-order valence-corrected chi connectivity index (χ4v) is 6.58. The van der Waals surface area contributed by atoms with E-state index in [2.05, 4.69) is 5.32 Å². The molecule has 0 saturated heterocycles. The van der Waals surface area contributed by atoms with Gasteiger partial charge in [0.05, 0.1) is 30.3 Å². The molecule has 41 heavy (non-hydrogen) atoms. The van der Waals surface area contributed by atoms with Crippen LogP contribution in [-0.4, -0.2) is 18.9 Å². The average Bonchev–Trinajstić information content (AvgIpc) is 3.51. The number of allylic oxidation sites excluding steroid dienone is 3. The molecule has 0 saturated carbocycles. The van der Waals surface area contributed by atoms with Gasteiger partial charge in [-0.15, -0.1) is 11.3 Å². The van der Waals surface area contributed by atoms with Gasteiger partial charge in [0, 0.05) is 39.7 Å². The van der Waals surface area contributed by atoms with Crippen molar-refractivity contribution in [3.05, 3.63) is 121 Å². The molecule has 0 amide bonds. The number of hydrogen-bond acceptors (Lipinski definition) is 8. The maximum atomic E-state index is 13.9. The third kappa shape index (κ3) is 5.00. The lowest BCUT2D eigenvalue weighted by molar-refractivity contribution is -0.140. The fourth-order valence-electron chi connectivity index (χ4n) is 5.75. The highest BCUT2D eigenvalue weighted by atomic mass is 32.1. The van der Waals surface area contributed by atoms with E-state index in [1.165, 1.54) is 6.26 Å². The van der Waals surface area contributed by atoms with Gasteiger partial charge in [0.1, 0.15) is 17.9 Å². The highest BCUT2D eigenvalue weighted by molar-refractivity contribution is 7.10. The molecule has 7 nitrogen and oxygen atoms in total. The second-order valence-electron chi connectivity index (χ2n) is 10.5. The lowest BCUT2D eigenvalue weighted by atomic mass is 9.73. The number of benzene rings is 2. The molecule has 2 aliphatic rings. The molecule has 0 bridgehead atoms. The standard InChI is InChI=1S/C33H29NO6S/c1-18-6-11-27-23(13-18)32(36)24(17-39-27)30-29(33(37)40-16-20-7-9-22(38-3)10-8-20)19(2)34-25-14-21(15-26(35)31(25)30)28-5-4-12-41-28/h4-13,17,21,30,34H,14-16H2,1-3H3. The van der Waals surface area contributed by atoms with Crippen LogP contribution in [0.25, 0.3) is 11.0 Å². The van der Waals surface area contributed by atoms with Crippen LogP contribution in [0, 0.1) is 6.92 Å². The molecule has 0 radical (unpaired) electrons. The summed E-state index contributed by atoms with van der Waals surface area (Å²) >= 11 is 1.62. The van der Waals surface area contributed by atoms with Gasteiger partial charge in [-0.1, -0.05) is 29.8 Å². The summed E-state index contributed by atoms with van der Waals surface area (Å²) in [4.78, 5) is 42.7. The van der Waals surface area contributed by atoms with Crippen LogP contribution in [0.3, 0.4) is 0 Å². The third-order valence-corrected chi connectivity index (χ3v) is 8.82. The Bertz CT molecular complexity index is 1780. The summed E-state index contributed by atoms with van der Waals surface area (Å²) < 4.78 is 16.9. The average molecular weight is 568 g/mol. The molecular weight excluding hydrogens is 538 g/mol. The molecule has 2 aromatic carbocycles. The number of dihydropyridines is 1. The van der Waals surface area contributed by atoms with Crippen LogP contribution in [-0.2, 0) is 20.9 Å². The monoisotopic (exact) mass is 567 g/mol. The molecule has 2 unspecified atom stereocenters. The maximum Gasteiger partial charge on any atom is 0.337 e. The fraction of sp³-hybridized carbons (Fsp3) is 0.242. The van der Waals surface area contributed by atoms with Crippen molar-refractivity contribution in [2.45, 2.75) is 45.1 Å². The second kappa shape index (κ2) is 10.9. The summed E-state index contributed by atoms with van der Waals surface area (Å²) in [6, 6.07) is 16.7. The lowest BCUT2D eigenvalue weighted by Gasteiger charge is -2.36. The summed E-state index contributed by atoms with van der Waals surface area (Å²) in [7, 11) is 1.59. The van der Waals surface area contributed by atoms with Crippen LogP contribution in [0.1, 0.15) is 53.2 Å². The van der Waals surface area contributed by atoms with E-state index in [1.807, 2.05) is 42.6 Å². The first-order chi connectivity index (χ1) is 19.8. The number of hydrogen-bond donors (Lipinski definition) is 1. The number of Topliss-reactive ketones (excluding diaryl/α,β-unsaturated/α-hetero) is 1. The first-order valence-corrected chi connectivity index (χ1v) is 14.3. The van der Waals surface area contributed by atoms with Crippen molar-refractivity contribution in [3.8, 4) is 5.75 Å². The van der Waals surface area contributed by atoms with E-state index in [-0.39, 0.29) is 34.9 Å². The molecule has 208 valence electrons. The summed E-state index contributed by atoms with van der Waals surface area (Å²) in [6.45, 7) is 3.71. The van der Waals surface area contributed by atoms with Gasteiger partial charge in [-0.2, -0.15) is 0 Å². The molecule has 1 aliphatic carbocycles. The number of rotatable bonds is 6. The largest absolute Gasteiger partial charge is 0.497 e. The van der Waals surface area contributed by atoms with E-state index in [1.54, 1.807) is 49.6 Å². The predicted molar refractivity (Wildman–Crippen MR) is 157 cm³/mol. The van der Waals surface area contributed by atoms with Crippen LogP contribution in [0.2, 0.25) is 0 Å². The van der Waals surface area contributed by atoms with Gasteiger partial charge in [-0.25, -0.2) is 4.79 Å². The number of esters is 1. The smallest absolute Gasteiger partial charge is 0.337 e. The number of methoxy groups -OCH3 is 1. The third-order valence-electron chi connectivity index (χ3n) is 7.79. The molecule has 4 aromatic rings. The van der Waals surface area contributed by atoms with E-state index < -0.39 is 11.9 Å². The van der Waals surface area contributed by atoms with Crippen molar-refractivity contribution in [1.82, 2.24) is 5.32 Å². The van der Waals surface area contributed by atoms with Crippen LogP contribution in [0.4, 0.5) is 0 Å². The molecule has 0 fully saturated rings. The van der Waals surface area contributed by atoms with E-state index in [9.17, 15) is 14.4 Å². The zero-order chi connectivity index (χ0) is 28.7. The molecule has 1 N–H and O–H groups in total. The van der Waals surface area contributed by atoms with Crippen LogP contribution >= 0.6 is 11.3 Å². The number of carbonyl (C=O) groups excluding carboxylic acids is 2. The van der Waals surface area contributed by atoms with E-state index >= 15 is 0 Å². The summed E-state index contributed by atoms with van der Waals surface area (Å²) in [5, 5.41) is 5.76. The van der Waals surface area contributed by atoms with Crippen molar-refractivity contribution in [3.63, 3.8) is 0 Å². The van der Waals surface area contributed by atoms with Crippen molar-refractivity contribution in [1.29, 1.82) is 0 Å². The van der Waals surface area contributed by atoms with E-state index in [0.717, 1.165) is 21.7 Å². The Balaban J connectivity index is 1.43. The topological polar surface area (TPSA) is 94.8 Å². The number of fused-ring (bicyclic) bond motifs is 1. The Labute approximate surface area is 241 Å². The van der Waals surface area contributed by atoms with Gasteiger partial charge in [0.2, 0.25) is 0 Å². The number of nitrogens with one attached hydrogen (secondary N) is 1. The molecule has 8 heteroatoms. The van der Waals surface area contributed by atoms with Crippen LogP contribution in [0.15, 0.2) is 98.0 Å². The molecule has 3 heterocycles. The van der Waals surface area contributed by atoms with Gasteiger partial charge < -0.3 is 19.2 Å². The summed E-state index contributed by atoms with van der Waals surface area (Å²) in [5.41, 5.74) is 4.07. The van der Waals surface area contributed by atoms with Crippen molar-refractivity contribution < 1.29 is 23.5 Å². The Morgan fingerprint density at radius 1 is 1.07 bits per heavy atom. The van der Waals surface area contributed by atoms with Crippen molar-refractivity contribution in [2.24, 2.45) is 0 Å². The summed E-state index contributed by atoms with van der Waals surface area (Å²) in [5.74, 6) is -0.878. The first kappa shape index (κ1) is 26.8. The van der Waals surface area contributed by atoms with Crippen LogP contribution in [0.5, 0.6) is 5.75 Å². The Morgan fingerprint density at radius 2 is 1.88 bits per heavy atom. The van der Waals surface area contributed by atoms with Crippen molar-refractivity contribution >= 4 is 34.1 Å². The maximum absolute atomic E-state index is 13.9. The van der Waals surface area contributed by atoms with E-state index in [4.69, 9.17) is 13.9 Å². The van der Waals surface area contributed by atoms with Gasteiger partial charge in [0.25, 0.3) is 0 Å². The Kier molecular flexibility index (Phi) is 7.09. The molecule has 2 atom stereocenters. The Morgan fingerprint density at radius 3 is 2.61 bits per heavy atom. The molecule has 2 aromatic heterocycles. The van der Waals surface area contributed by atoms with Gasteiger partial charge in [0.15, 0.2) is 11.2 Å². The number of thiophene rings is 1. The van der Waals surface area contributed by atoms with Gasteiger partial charge >= 0.3 is 5.97 Å². The number of carbonyl (C=O) groups is 2. The zero-order valence-corrected chi connectivity index (χ0v) is 23.8. The molecule has 6 rings (SSSR count). The van der Waals surface area contributed by atoms with Gasteiger partial charge in [-0.05, 0) is 61.5 Å². The highest BCUT2D eigenvalue weighted by Gasteiger charge is 2.43. The quantitative estimate of drug-likeness (QED) is 0.274. The minimum absolute atomic E-state index is 0.0259. The zero-order valence-electron chi connectivity index (χ0n) is 23.0. The molecule has 1 aliphatic heterocycles. The predicted octanol–water partition coefficient (Wildman–Crippen LogP) is 6.28. The van der Waals surface area contributed by atoms with Crippen LogP contribution < -0.4 is 15.5 Å². The highest BCUT2D eigenvalue weighted by Crippen LogP contribution is 2.46. The number of ether oxygens (including phenoxy) is 2. The Hall–Kier alpha value is -4.43. The summed E-state index contributed by atoms with van der Waals surface area (Å²) in [6.07, 6.45) is 2.29. The number of aryl methyl sites for hydroxylation is 1. The minimum Gasteiger partial charge on any atom is -0.497 e. The lowest BCUT2D eigenvalue weighted by Crippen LogP contribution is -2.37. The normalized spacial score (nSPS) is 18.8. The van der Waals surface area contributed by atoms with Gasteiger partial charge in [-0.3, -0.25) is 9.59 Å².